The van der Waals surface area contributed by atoms with Gasteiger partial charge < -0.3 is 9.53 Å². The standard InChI is InChI=1S/C17H25NO2Si/c1-17(2,3)21(4,5)20-9-8-13-10-14-11-15(19)6-7-16(14)18-12-13/h6-7,10-12,19H,8-9H2,1-5H3. The lowest BCUT2D eigenvalue weighted by Gasteiger charge is -2.36. The highest BCUT2D eigenvalue weighted by atomic mass is 28.4. The molecule has 0 radical (unpaired) electrons. The molecular formula is C17H25NO2Si. The van der Waals surface area contributed by atoms with E-state index in [1.54, 1.807) is 12.1 Å². The average Bonchev–Trinajstić information content (AvgIpc) is 2.36. The van der Waals surface area contributed by atoms with Crippen molar-refractivity contribution >= 4 is 19.2 Å². The van der Waals surface area contributed by atoms with E-state index in [0.29, 0.717) is 0 Å². The summed E-state index contributed by atoms with van der Waals surface area (Å²) in [7, 11) is -1.68. The number of aromatic nitrogens is 1. The second-order valence-electron chi connectivity index (χ2n) is 7.08. The monoisotopic (exact) mass is 303 g/mol. The molecule has 0 aliphatic heterocycles. The van der Waals surface area contributed by atoms with Gasteiger partial charge in [0, 0.05) is 18.2 Å². The van der Waals surface area contributed by atoms with Crippen LogP contribution in [0.15, 0.2) is 30.5 Å². The lowest BCUT2D eigenvalue weighted by Crippen LogP contribution is -2.41. The smallest absolute Gasteiger partial charge is 0.191 e. The lowest BCUT2D eigenvalue weighted by atomic mass is 10.1. The molecule has 0 fully saturated rings. The second-order valence-corrected chi connectivity index (χ2v) is 11.9. The zero-order valence-electron chi connectivity index (χ0n) is 13.6. The van der Waals surface area contributed by atoms with Crippen LogP contribution in [0.4, 0.5) is 0 Å². The number of benzene rings is 1. The van der Waals surface area contributed by atoms with Gasteiger partial charge in [-0.2, -0.15) is 0 Å². The van der Waals surface area contributed by atoms with E-state index in [1.165, 1.54) is 0 Å². The van der Waals surface area contributed by atoms with Crippen LogP contribution in [-0.2, 0) is 10.8 Å². The van der Waals surface area contributed by atoms with Gasteiger partial charge in [0.15, 0.2) is 8.32 Å². The Balaban J connectivity index is 2.04. The molecule has 21 heavy (non-hydrogen) atoms. The summed E-state index contributed by atoms with van der Waals surface area (Å²) in [6, 6.07) is 7.33. The second kappa shape index (κ2) is 5.77. The molecule has 0 aliphatic carbocycles. The van der Waals surface area contributed by atoms with Crippen LogP contribution >= 0.6 is 0 Å². The van der Waals surface area contributed by atoms with E-state index in [4.69, 9.17) is 4.43 Å². The van der Waals surface area contributed by atoms with E-state index in [-0.39, 0.29) is 10.8 Å². The molecule has 0 unspecified atom stereocenters. The number of aromatic hydroxyl groups is 1. The van der Waals surface area contributed by atoms with Crippen LogP contribution in [0.3, 0.4) is 0 Å². The van der Waals surface area contributed by atoms with E-state index in [0.717, 1.165) is 29.5 Å². The van der Waals surface area contributed by atoms with E-state index in [9.17, 15) is 5.11 Å². The molecule has 114 valence electrons. The largest absolute Gasteiger partial charge is 0.508 e. The van der Waals surface area contributed by atoms with Gasteiger partial charge in [0.05, 0.1) is 5.52 Å². The minimum absolute atomic E-state index is 0.237. The van der Waals surface area contributed by atoms with Gasteiger partial charge in [-0.05, 0) is 54.4 Å². The molecule has 1 N–H and O–H groups in total. The summed E-state index contributed by atoms with van der Waals surface area (Å²) >= 11 is 0. The lowest BCUT2D eigenvalue weighted by molar-refractivity contribution is 0.292. The van der Waals surface area contributed by atoms with Crippen molar-refractivity contribution in [2.24, 2.45) is 0 Å². The molecule has 0 amide bonds. The van der Waals surface area contributed by atoms with Crippen molar-refractivity contribution in [2.45, 2.75) is 45.3 Å². The summed E-state index contributed by atoms with van der Waals surface area (Å²) in [4.78, 5) is 4.43. The van der Waals surface area contributed by atoms with E-state index >= 15 is 0 Å². The van der Waals surface area contributed by atoms with Gasteiger partial charge in [-0.15, -0.1) is 0 Å². The van der Waals surface area contributed by atoms with Crippen molar-refractivity contribution in [3.63, 3.8) is 0 Å². The Kier molecular flexibility index (Phi) is 4.40. The first-order valence-corrected chi connectivity index (χ1v) is 10.3. The van der Waals surface area contributed by atoms with E-state index < -0.39 is 8.32 Å². The van der Waals surface area contributed by atoms with Crippen molar-refractivity contribution in [3.05, 3.63) is 36.0 Å². The van der Waals surface area contributed by atoms with Gasteiger partial charge >= 0.3 is 0 Å². The zero-order valence-corrected chi connectivity index (χ0v) is 14.6. The highest BCUT2D eigenvalue weighted by Gasteiger charge is 2.36. The third kappa shape index (κ3) is 3.83. The Bertz CT molecular complexity index is 632. The molecule has 2 aromatic rings. The molecule has 1 aromatic heterocycles. The number of phenols is 1. The molecule has 0 saturated heterocycles. The van der Waals surface area contributed by atoms with Crippen molar-refractivity contribution in [2.75, 3.05) is 6.61 Å². The van der Waals surface area contributed by atoms with Crippen LogP contribution < -0.4 is 0 Å². The molecule has 0 spiro atoms. The SMILES string of the molecule is CC(C)(C)[Si](C)(C)OCCc1cnc2ccc(O)cc2c1. The Morgan fingerprint density at radius 1 is 1.19 bits per heavy atom. The number of nitrogens with zero attached hydrogens (tertiary/aromatic N) is 1. The topological polar surface area (TPSA) is 42.4 Å². The van der Waals surface area contributed by atoms with Gasteiger partial charge in [0.1, 0.15) is 5.75 Å². The molecule has 0 bridgehead atoms. The molecule has 2 rings (SSSR count). The van der Waals surface area contributed by atoms with Crippen LogP contribution in [0.2, 0.25) is 18.1 Å². The van der Waals surface area contributed by atoms with Crippen molar-refractivity contribution in [3.8, 4) is 5.75 Å². The fourth-order valence-electron chi connectivity index (χ4n) is 1.94. The van der Waals surface area contributed by atoms with Crippen molar-refractivity contribution in [1.29, 1.82) is 0 Å². The van der Waals surface area contributed by atoms with Crippen LogP contribution in [0.25, 0.3) is 10.9 Å². The molecule has 0 saturated carbocycles. The first-order valence-electron chi connectivity index (χ1n) is 7.41. The average molecular weight is 303 g/mol. The fraction of sp³-hybridized carbons (Fsp3) is 0.471. The number of phenolic OH excluding ortho intramolecular Hbond substituents is 1. The number of rotatable bonds is 4. The Hall–Kier alpha value is -1.39. The zero-order chi connectivity index (χ0) is 15.7. The summed E-state index contributed by atoms with van der Waals surface area (Å²) in [5.74, 6) is 0.277. The molecule has 1 aromatic carbocycles. The Labute approximate surface area is 128 Å². The Morgan fingerprint density at radius 2 is 1.90 bits per heavy atom. The van der Waals surface area contributed by atoms with Gasteiger partial charge in [0.2, 0.25) is 0 Å². The van der Waals surface area contributed by atoms with Crippen molar-refractivity contribution in [1.82, 2.24) is 4.98 Å². The third-order valence-corrected chi connectivity index (χ3v) is 8.92. The molecule has 0 aliphatic rings. The number of pyridine rings is 1. The summed E-state index contributed by atoms with van der Waals surface area (Å²) < 4.78 is 6.20. The van der Waals surface area contributed by atoms with Crippen LogP contribution in [0, 0.1) is 0 Å². The molecule has 3 nitrogen and oxygen atoms in total. The number of fused-ring (bicyclic) bond motifs is 1. The third-order valence-electron chi connectivity index (χ3n) is 4.38. The highest BCUT2D eigenvalue weighted by Crippen LogP contribution is 2.36. The van der Waals surface area contributed by atoms with E-state index in [2.05, 4.69) is 44.9 Å². The van der Waals surface area contributed by atoms with Gasteiger partial charge in [-0.25, -0.2) is 0 Å². The predicted octanol–water partition coefficient (Wildman–Crippen LogP) is 4.50. The predicted molar refractivity (Wildman–Crippen MR) is 90.3 cm³/mol. The summed E-state index contributed by atoms with van der Waals surface area (Å²) in [5, 5.41) is 10.8. The molecule has 4 heteroatoms. The summed E-state index contributed by atoms with van der Waals surface area (Å²) in [6.07, 6.45) is 2.75. The maximum atomic E-state index is 9.55. The normalized spacial score (nSPS) is 12.8. The highest BCUT2D eigenvalue weighted by molar-refractivity contribution is 6.74. The van der Waals surface area contributed by atoms with Gasteiger partial charge in [-0.3, -0.25) is 4.98 Å². The molecule has 1 heterocycles. The number of hydrogen-bond donors (Lipinski definition) is 1. The van der Waals surface area contributed by atoms with E-state index in [1.807, 2.05) is 12.3 Å². The molecular weight excluding hydrogens is 278 g/mol. The minimum atomic E-state index is -1.68. The van der Waals surface area contributed by atoms with Crippen LogP contribution in [-0.4, -0.2) is 25.0 Å². The maximum Gasteiger partial charge on any atom is 0.191 e. The first kappa shape index (κ1) is 16.0. The van der Waals surface area contributed by atoms with Crippen LogP contribution in [0.5, 0.6) is 5.75 Å². The fourth-order valence-corrected chi connectivity index (χ4v) is 2.99. The maximum absolute atomic E-state index is 9.55. The van der Waals surface area contributed by atoms with Gasteiger partial charge in [-0.1, -0.05) is 20.8 Å². The van der Waals surface area contributed by atoms with Crippen LogP contribution in [0.1, 0.15) is 26.3 Å². The van der Waals surface area contributed by atoms with Crippen molar-refractivity contribution < 1.29 is 9.53 Å². The molecule has 0 atom stereocenters. The summed E-state index contributed by atoms with van der Waals surface area (Å²) in [6.45, 7) is 12.0. The number of hydrogen-bond acceptors (Lipinski definition) is 3. The van der Waals surface area contributed by atoms with Gasteiger partial charge in [0.25, 0.3) is 0 Å². The quantitative estimate of drug-likeness (QED) is 0.845. The minimum Gasteiger partial charge on any atom is -0.508 e. The first-order chi connectivity index (χ1) is 9.69. The summed E-state index contributed by atoms with van der Waals surface area (Å²) in [5.41, 5.74) is 2.05. The Morgan fingerprint density at radius 3 is 2.57 bits per heavy atom.